The maximum atomic E-state index is 4.69. The molecule has 0 amide bonds. The van der Waals surface area contributed by atoms with Crippen LogP contribution in [0, 0.1) is 5.92 Å². The monoisotopic (exact) mass is 380 g/mol. The number of anilines is 1. The van der Waals surface area contributed by atoms with Crippen molar-refractivity contribution in [2.75, 3.05) is 31.1 Å². The van der Waals surface area contributed by atoms with Gasteiger partial charge in [0.05, 0.1) is 6.54 Å². The van der Waals surface area contributed by atoms with Gasteiger partial charge in [-0.1, -0.05) is 19.1 Å². The molecule has 2 N–H and O–H groups in total. The van der Waals surface area contributed by atoms with Gasteiger partial charge < -0.3 is 15.5 Å². The molecule has 1 saturated heterocycles. The highest BCUT2D eigenvalue weighted by atomic mass is 15.2. The normalized spacial score (nSPS) is 15.5. The van der Waals surface area contributed by atoms with Crippen molar-refractivity contribution >= 4 is 11.8 Å². The standard InChI is InChI=1S/C22H32N6/c1-3-23-22(25-13-9-20-6-4-5-12-24-20)27-17-19-7-8-21(26-16-19)28-14-10-18(2)11-15-28/h4-8,12,16,18H,3,9-11,13-15,17H2,1-2H3,(H2,23,25,27). The summed E-state index contributed by atoms with van der Waals surface area (Å²) >= 11 is 0. The molecule has 6 nitrogen and oxygen atoms in total. The molecular formula is C22H32N6. The van der Waals surface area contributed by atoms with Gasteiger partial charge >= 0.3 is 0 Å². The largest absolute Gasteiger partial charge is 0.357 e. The van der Waals surface area contributed by atoms with Crippen molar-refractivity contribution in [1.29, 1.82) is 0 Å². The average molecular weight is 381 g/mol. The molecule has 150 valence electrons. The maximum absolute atomic E-state index is 4.69. The number of hydrogen-bond donors (Lipinski definition) is 2. The van der Waals surface area contributed by atoms with E-state index in [9.17, 15) is 0 Å². The van der Waals surface area contributed by atoms with Crippen LogP contribution in [-0.2, 0) is 13.0 Å². The molecule has 3 heterocycles. The highest BCUT2D eigenvalue weighted by Gasteiger charge is 2.16. The van der Waals surface area contributed by atoms with Gasteiger partial charge in [0.1, 0.15) is 5.82 Å². The molecule has 2 aromatic heterocycles. The molecule has 0 unspecified atom stereocenters. The molecule has 6 heteroatoms. The topological polar surface area (TPSA) is 65.4 Å². The van der Waals surface area contributed by atoms with Crippen molar-refractivity contribution in [3.05, 3.63) is 54.0 Å². The summed E-state index contributed by atoms with van der Waals surface area (Å²) in [6.07, 6.45) is 7.16. The Morgan fingerprint density at radius 3 is 2.68 bits per heavy atom. The molecule has 0 radical (unpaired) electrons. The zero-order valence-corrected chi connectivity index (χ0v) is 17.1. The van der Waals surface area contributed by atoms with Gasteiger partial charge in [0, 0.05) is 50.7 Å². The third-order valence-electron chi connectivity index (χ3n) is 5.08. The van der Waals surface area contributed by atoms with Gasteiger partial charge in [0.2, 0.25) is 0 Å². The Hall–Kier alpha value is -2.63. The molecule has 1 fully saturated rings. The lowest BCUT2D eigenvalue weighted by atomic mass is 9.99. The predicted molar refractivity (Wildman–Crippen MR) is 116 cm³/mol. The quantitative estimate of drug-likeness (QED) is 0.571. The SMILES string of the molecule is CCNC(=NCc1ccc(N2CCC(C)CC2)nc1)NCCc1ccccn1. The van der Waals surface area contributed by atoms with E-state index in [1.807, 2.05) is 30.6 Å². The first-order valence-corrected chi connectivity index (χ1v) is 10.4. The van der Waals surface area contributed by atoms with Crippen LogP contribution in [0.15, 0.2) is 47.7 Å². The van der Waals surface area contributed by atoms with E-state index < -0.39 is 0 Å². The molecule has 0 aromatic carbocycles. The lowest BCUT2D eigenvalue weighted by Crippen LogP contribution is -2.38. The van der Waals surface area contributed by atoms with Crippen LogP contribution >= 0.6 is 0 Å². The third kappa shape index (κ3) is 6.22. The summed E-state index contributed by atoms with van der Waals surface area (Å²) in [5.74, 6) is 2.74. The summed E-state index contributed by atoms with van der Waals surface area (Å²) in [5.41, 5.74) is 2.20. The van der Waals surface area contributed by atoms with Crippen molar-refractivity contribution in [3.63, 3.8) is 0 Å². The van der Waals surface area contributed by atoms with Crippen LogP contribution in [0.3, 0.4) is 0 Å². The second-order valence-corrected chi connectivity index (χ2v) is 7.39. The summed E-state index contributed by atoms with van der Waals surface area (Å²) in [7, 11) is 0. The van der Waals surface area contributed by atoms with E-state index in [4.69, 9.17) is 0 Å². The van der Waals surface area contributed by atoms with Gasteiger partial charge in [-0.05, 0) is 49.4 Å². The van der Waals surface area contributed by atoms with E-state index in [0.717, 1.165) is 61.6 Å². The van der Waals surface area contributed by atoms with Gasteiger partial charge in [-0.15, -0.1) is 0 Å². The van der Waals surface area contributed by atoms with E-state index in [0.29, 0.717) is 6.54 Å². The van der Waals surface area contributed by atoms with Gasteiger partial charge in [-0.3, -0.25) is 4.98 Å². The van der Waals surface area contributed by atoms with Crippen molar-refractivity contribution in [2.45, 2.75) is 39.7 Å². The van der Waals surface area contributed by atoms with E-state index in [-0.39, 0.29) is 0 Å². The third-order valence-corrected chi connectivity index (χ3v) is 5.08. The van der Waals surface area contributed by atoms with E-state index in [2.05, 4.69) is 56.5 Å². The lowest BCUT2D eigenvalue weighted by molar-refractivity contribution is 0.436. The van der Waals surface area contributed by atoms with E-state index in [1.54, 1.807) is 0 Å². The number of nitrogens with one attached hydrogen (secondary N) is 2. The molecule has 0 bridgehead atoms. The minimum atomic E-state index is 0.614. The Balaban J connectivity index is 1.50. The van der Waals surface area contributed by atoms with Gasteiger partial charge in [-0.2, -0.15) is 0 Å². The Bertz CT molecular complexity index is 720. The smallest absolute Gasteiger partial charge is 0.191 e. The fourth-order valence-corrected chi connectivity index (χ4v) is 3.30. The fraction of sp³-hybridized carbons (Fsp3) is 0.500. The lowest BCUT2D eigenvalue weighted by Gasteiger charge is -2.31. The van der Waals surface area contributed by atoms with Crippen LogP contribution < -0.4 is 15.5 Å². The number of aromatic nitrogens is 2. The van der Waals surface area contributed by atoms with E-state index in [1.165, 1.54) is 12.8 Å². The van der Waals surface area contributed by atoms with E-state index >= 15 is 0 Å². The fourth-order valence-electron chi connectivity index (χ4n) is 3.30. The molecule has 0 spiro atoms. The first-order valence-electron chi connectivity index (χ1n) is 10.4. The second kappa shape index (κ2) is 10.6. The number of pyridine rings is 2. The first-order chi connectivity index (χ1) is 13.7. The Morgan fingerprint density at radius 1 is 1.14 bits per heavy atom. The van der Waals surface area contributed by atoms with Gasteiger partial charge in [0.15, 0.2) is 5.96 Å². The van der Waals surface area contributed by atoms with Crippen molar-refractivity contribution in [1.82, 2.24) is 20.6 Å². The van der Waals surface area contributed by atoms with Crippen molar-refractivity contribution < 1.29 is 0 Å². The summed E-state index contributed by atoms with van der Waals surface area (Å²) in [6, 6.07) is 10.3. The molecule has 28 heavy (non-hydrogen) atoms. The minimum absolute atomic E-state index is 0.614. The van der Waals surface area contributed by atoms with Crippen LogP contribution in [0.4, 0.5) is 5.82 Å². The second-order valence-electron chi connectivity index (χ2n) is 7.39. The Morgan fingerprint density at radius 2 is 2.00 bits per heavy atom. The van der Waals surface area contributed by atoms with Crippen LogP contribution in [0.1, 0.15) is 37.9 Å². The molecule has 3 rings (SSSR count). The van der Waals surface area contributed by atoms with Crippen molar-refractivity contribution in [2.24, 2.45) is 10.9 Å². The van der Waals surface area contributed by atoms with Crippen LogP contribution in [0.2, 0.25) is 0 Å². The molecule has 0 atom stereocenters. The molecule has 0 aliphatic carbocycles. The molecule has 1 aliphatic rings. The minimum Gasteiger partial charge on any atom is -0.357 e. The maximum Gasteiger partial charge on any atom is 0.191 e. The number of hydrogen-bond acceptors (Lipinski definition) is 4. The van der Waals surface area contributed by atoms with Gasteiger partial charge in [-0.25, -0.2) is 9.98 Å². The first kappa shape index (κ1) is 20.1. The molecule has 0 saturated carbocycles. The number of piperidine rings is 1. The highest BCUT2D eigenvalue weighted by Crippen LogP contribution is 2.21. The predicted octanol–water partition coefficient (Wildman–Crippen LogP) is 3.01. The van der Waals surface area contributed by atoms with Crippen LogP contribution in [-0.4, -0.2) is 42.1 Å². The molecular weight excluding hydrogens is 348 g/mol. The number of aliphatic imine (C=N–C) groups is 1. The Kier molecular flexibility index (Phi) is 7.64. The summed E-state index contributed by atoms with van der Waals surface area (Å²) in [5, 5.41) is 6.67. The number of rotatable bonds is 7. The molecule has 1 aliphatic heterocycles. The zero-order chi connectivity index (χ0) is 19.6. The van der Waals surface area contributed by atoms with Crippen molar-refractivity contribution in [3.8, 4) is 0 Å². The number of guanidine groups is 1. The summed E-state index contributed by atoms with van der Waals surface area (Å²) in [4.78, 5) is 16.1. The average Bonchev–Trinajstić information content (AvgIpc) is 2.74. The number of nitrogens with zero attached hydrogens (tertiary/aromatic N) is 4. The Labute approximate surface area is 168 Å². The molecule has 2 aromatic rings. The summed E-state index contributed by atoms with van der Waals surface area (Å²) in [6.45, 7) is 8.87. The van der Waals surface area contributed by atoms with Gasteiger partial charge in [0.25, 0.3) is 0 Å². The highest BCUT2D eigenvalue weighted by molar-refractivity contribution is 5.79. The van der Waals surface area contributed by atoms with Crippen LogP contribution in [0.25, 0.3) is 0 Å². The van der Waals surface area contributed by atoms with Crippen LogP contribution in [0.5, 0.6) is 0 Å². The summed E-state index contributed by atoms with van der Waals surface area (Å²) < 4.78 is 0. The zero-order valence-electron chi connectivity index (χ0n) is 17.1.